The molecule has 0 bridgehead atoms. The van der Waals surface area contributed by atoms with Gasteiger partial charge in [0.15, 0.2) is 0 Å². The van der Waals surface area contributed by atoms with E-state index in [9.17, 15) is 0 Å². The molecule has 1 N–H and O–H groups in total. The van der Waals surface area contributed by atoms with E-state index < -0.39 is 0 Å². The van der Waals surface area contributed by atoms with E-state index in [0.717, 1.165) is 0 Å². The van der Waals surface area contributed by atoms with E-state index >= 15 is 0 Å². The quantitative estimate of drug-likeness (QED) is 0.486. The van der Waals surface area contributed by atoms with Gasteiger partial charge >= 0.3 is 0 Å². The Hall–Kier alpha value is -0.300. The summed E-state index contributed by atoms with van der Waals surface area (Å²) in [6, 6.07) is 1.19. The topological polar surface area (TPSA) is 12.0 Å². The Bertz CT molecular complexity index is 131. The van der Waals surface area contributed by atoms with E-state index in [1.165, 1.54) is 11.1 Å². The first kappa shape index (κ1) is 6.81. The van der Waals surface area contributed by atoms with Crippen molar-refractivity contribution in [2.75, 3.05) is 0 Å². The predicted octanol–water partition coefficient (Wildman–Crippen LogP) is 1.70. The molecule has 0 unspecified atom stereocenters. The number of hydrogen-bond acceptors (Lipinski definition) is 1. The Labute approximate surface area is 57.1 Å². The fourth-order valence-corrected chi connectivity index (χ4v) is 1.31. The van der Waals surface area contributed by atoms with Gasteiger partial charge in [-0.15, -0.1) is 0 Å². The molecule has 1 rings (SSSR count). The molecule has 0 saturated heterocycles. The lowest BCUT2D eigenvalue weighted by atomic mass is 10.1. The van der Waals surface area contributed by atoms with Crippen molar-refractivity contribution in [2.45, 2.75) is 39.8 Å². The summed E-state index contributed by atoms with van der Waals surface area (Å²) < 4.78 is 0. The molecule has 52 valence electrons. The van der Waals surface area contributed by atoms with E-state index in [2.05, 4.69) is 33.0 Å². The van der Waals surface area contributed by atoms with Crippen molar-refractivity contribution in [3.63, 3.8) is 0 Å². The normalized spacial score (nSPS) is 36.0. The minimum atomic E-state index is 0.597. The van der Waals surface area contributed by atoms with Crippen molar-refractivity contribution in [2.24, 2.45) is 0 Å². The van der Waals surface area contributed by atoms with E-state index in [1.807, 2.05) is 0 Å². The zero-order chi connectivity index (χ0) is 7.02. The van der Waals surface area contributed by atoms with Gasteiger partial charge in [0.25, 0.3) is 0 Å². The van der Waals surface area contributed by atoms with Crippen LogP contribution in [0.1, 0.15) is 27.7 Å². The Morgan fingerprint density at radius 1 is 1.00 bits per heavy atom. The summed E-state index contributed by atoms with van der Waals surface area (Å²) in [4.78, 5) is 0. The average Bonchev–Trinajstić information content (AvgIpc) is 1.98. The predicted molar refractivity (Wildman–Crippen MR) is 40.4 cm³/mol. The first-order valence-corrected chi connectivity index (χ1v) is 3.56. The molecule has 2 atom stereocenters. The van der Waals surface area contributed by atoms with Crippen LogP contribution in [-0.2, 0) is 0 Å². The molecule has 1 heteroatoms. The molecule has 0 aromatic carbocycles. The van der Waals surface area contributed by atoms with Crippen LogP contribution < -0.4 is 5.32 Å². The molecule has 0 fully saturated rings. The fraction of sp³-hybridized carbons (Fsp3) is 0.750. The van der Waals surface area contributed by atoms with Crippen LogP contribution in [0.5, 0.6) is 0 Å². The summed E-state index contributed by atoms with van der Waals surface area (Å²) >= 11 is 0. The SMILES string of the molecule is CC1=C(C)[C@@H](C)N[C@H]1C. The number of nitrogens with one attached hydrogen (secondary N) is 1. The van der Waals surface area contributed by atoms with Gasteiger partial charge in [0.1, 0.15) is 0 Å². The fourth-order valence-electron chi connectivity index (χ4n) is 1.31. The maximum Gasteiger partial charge on any atom is 0.0257 e. The first-order chi connectivity index (χ1) is 4.13. The highest BCUT2D eigenvalue weighted by Gasteiger charge is 2.20. The maximum atomic E-state index is 3.44. The second kappa shape index (κ2) is 2.14. The van der Waals surface area contributed by atoms with Gasteiger partial charge in [0.2, 0.25) is 0 Å². The van der Waals surface area contributed by atoms with Gasteiger partial charge < -0.3 is 5.32 Å². The van der Waals surface area contributed by atoms with E-state index in [1.54, 1.807) is 0 Å². The van der Waals surface area contributed by atoms with Crippen LogP contribution in [0.15, 0.2) is 11.1 Å². The van der Waals surface area contributed by atoms with Crippen molar-refractivity contribution in [3.8, 4) is 0 Å². The monoisotopic (exact) mass is 125 g/mol. The third-order valence-corrected chi connectivity index (χ3v) is 2.42. The lowest BCUT2D eigenvalue weighted by Gasteiger charge is -2.06. The van der Waals surface area contributed by atoms with Crippen LogP contribution in [0.2, 0.25) is 0 Å². The van der Waals surface area contributed by atoms with E-state index in [0.29, 0.717) is 12.1 Å². The second-order valence-electron chi connectivity index (χ2n) is 2.98. The van der Waals surface area contributed by atoms with Crippen molar-refractivity contribution < 1.29 is 0 Å². The summed E-state index contributed by atoms with van der Waals surface area (Å²) in [6.07, 6.45) is 0. The molecule has 1 nitrogen and oxygen atoms in total. The molecule has 0 aromatic rings. The highest BCUT2D eigenvalue weighted by atomic mass is 15.0. The molecule has 1 aliphatic heterocycles. The van der Waals surface area contributed by atoms with Crippen molar-refractivity contribution in [3.05, 3.63) is 11.1 Å². The molecule has 1 heterocycles. The van der Waals surface area contributed by atoms with Gasteiger partial charge in [-0.2, -0.15) is 0 Å². The van der Waals surface area contributed by atoms with E-state index in [4.69, 9.17) is 0 Å². The van der Waals surface area contributed by atoms with Gasteiger partial charge in [-0.3, -0.25) is 0 Å². The first-order valence-electron chi connectivity index (χ1n) is 3.56. The van der Waals surface area contributed by atoms with Crippen molar-refractivity contribution in [1.29, 1.82) is 0 Å². The zero-order valence-electron chi connectivity index (χ0n) is 6.65. The Kier molecular flexibility index (Phi) is 1.62. The maximum absolute atomic E-state index is 3.44. The van der Waals surface area contributed by atoms with Crippen LogP contribution in [0.25, 0.3) is 0 Å². The summed E-state index contributed by atoms with van der Waals surface area (Å²) in [6.45, 7) is 8.83. The molecule has 0 amide bonds. The highest BCUT2D eigenvalue weighted by Crippen LogP contribution is 2.19. The lowest BCUT2D eigenvalue weighted by molar-refractivity contribution is 0.606. The van der Waals surface area contributed by atoms with Crippen LogP contribution in [0.3, 0.4) is 0 Å². The van der Waals surface area contributed by atoms with Crippen LogP contribution in [0.4, 0.5) is 0 Å². The summed E-state index contributed by atoms with van der Waals surface area (Å²) in [5.74, 6) is 0. The van der Waals surface area contributed by atoms with Crippen LogP contribution >= 0.6 is 0 Å². The average molecular weight is 125 g/mol. The summed E-state index contributed by atoms with van der Waals surface area (Å²) in [5.41, 5.74) is 3.03. The summed E-state index contributed by atoms with van der Waals surface area (Å²) in [7, 11) is 0. The Morgan fingerprint density at radius 3 is 1.44 bits per heavy atom. The third-order valence-electron chi connectivity index (χ3n) is 2.42. The molecule has 0 spiro atoms. The van der Waals surface area contributed by atoms with Crippen molar-refractivity contribution in [1.82, 2.24) is 5.32 Å². The van der Waals surface area contributed by atoms with E-state index in [-0.39, 0.29) is 0 Å². The highest BCUT2D eigenvalue weighted by molar-refractivity contribution is 5.25. The molecule has 0 aromatic heterocycles. The van der Waals surface area contributed by atoms with Crippen LogP contribution in [-0.4, -0.2) is 12.1 Å². The second-order valence-corrected chi connectivity index (χ2v) is 2.98. The number of hydrogen-bond donors (Lipinski definition) is 1. The number of rotatable bonds is 0. The van der Waals surface area contributed by atoms with Crippen molar-refractivity contribution >= 4 is 0 Å². The minimum Gasteiger partial charge on any atom is -0.304 e. The van der Waals surface area contributed by atoms with Gasteiger partial charge in [-0.1, -0.05) is 11.1 Å². The van der Waals surface area contributed by atoms with Gasteiger partial charge in [0.05, 0.1) is 0 Å². The molecule has 0 aliphatic carbocycles. The minimum absolute atomic E-state index is 0.597. The smallest absolute Gasteiger partial charge is 0.0257 e. The Morgan fingerprint density at radius 2 is 1.33 bits per heavy atom. The van der Waals surface area contributed by atoms with Gasteiger partial charge in [-0.25, -0.2) is 0 Å². The summed E-state index contributed by atoms with van der Waals surface area (Å²) in [5, 5.41) is 3.44. The van der Waals surface area contributed by atoms with Gasteiger partial charge in [0, 0.05) is 12.1 Å². The largest absolute Gasteiger partial charge is 0.304 e. The van der Waals surface area contributed by atoms with Crippen LogP contribution in [0, 0.1) is 0 Å². The van der Waals surface area contributed by atoms with Gasteiger partial charge in [-0.05, 0) is 27.7 Å². The Balaban J connectivity index is 2.79. The lowest BCUT2D eigenvalue weighted by Crippen LogP contribution is -2.27. The molecular weight excluding hydrogens is 110 g/mol. The third kappa shape index (κ3) is 1.01. The molecular formula is C8H15N. The molecule has 0 saturated carbocycles. The standard InChI is InChI=1S/C8H15N/c1-5-6(2)8(4)9-7(5)3/h7-9H,1-4H3/t7-,8+. The molecule has 1 aliphatic rings. The molecule has 0 radical (unpaired) electrons. The zero-order valence-corrected chi connectivity index (χ0v) is 6.65. The molecule has 9 heavy (non-hydrogen) atoms.